The summed E-state index contributed by atoms with van der Waals surface area (Å²) in [5.74, 6) is -0.659. The Labute approximate surface area is 221 Å². The first-order valence-corrected chi connectivity index (χ1v) is 14.7. The monoisotopic (exact) mass is 507 g/mol. The normalized spacial score (nSPS) is 11.2. The first-order chi connectivity index (χ1) is 17.4. The molecule has 0 heterocycles. The number of benzene rings is 1. The number of carboxylic acids is 1. The number of carboxylic acid groups (broad SMARTS) is 1. The standard InChI is InChI=1S/C19H33NO2.C12H24O2/c1-2-3-4-5-6-7-8-17-9-11-18(12-10-17)13-14-19(20,15-21)16-22;1-2-3-4-5-6-7-8-9-10-11-12(13)14/h9-12,21-22H,2-8,13-16,20H2,1H3;2-11H2,1H3,(H,13,14). The molecule has 0 unspecified atom stereocenters. The van der Waals surface area contributed by atoms with Crippen molar-refractivity contribution in [2.45, 2.75) is 141 Å². The number of aryl methyl sites for hydroxylation is 2. The predicted molar refractivity (Wildman–Crippen MR) is 152 cm³/mol. The molecule has 1 aromatic carbocycles. The SMILES string of the molecule is CCCCCCCCCCCC(=O)O.CCCCCCCCc1ccc(CCC(N)(CO)CO)cc1. The number of hydrogen-bond acceptors (Lipinski definition) is 4. The fraction of sp³-hybridized carbons (Fsp3) is 0.774. The van der Waals surface area contributed by atoms with E-state index >= 15 is 0 Å². The molecular formula is C31H57NO4. The zero-order chi connectivity index (χ0) is 26.9. The second-order valence-electron chi connectivity index (χ2n) is 10.5. The number of nitrogens with two attached hydrogens (primary N) is 1. The van der Waals surface area contributed by atoms with E-state index in [-0.39, 0.29) is 13.2 Å². The van der Waals surface area contributed by atoms with Crippen LogP contribution < -0.4 is 5.73 Å². The van der Waals surface area contributed by atoms with Crippen LogP contribution in [0.5, 0.6) is 0 Å². The van der Waals surface area contributed by atoms with Gasteiger partial charge < -0.3 is 21.1 Å². The van der Waals surface area contributed by atoms with E-state index in [1.54, 1.807) is 0 Å². The number of aliphatic carboxylic acids is 1. The molecule has 0 bridgehead atoms. The topological polar surface area (TPSA) is 104 Å². The third kappa shape index (κ3) is 20.7. The maximum atomic E-state index is 10.2. The summed E-state index contributed by atoms with van der Waals surface area (Å²) in [5.41, 5.74) is 7.63. The number of rotatable bonds is 22. The van der Waals surface area contributed by atoms with E-state index < -0.39 is 11.5 Å². The molecule has 5 N–H and O–H groups in total. The molecule has 0 fully saturated rings. The van der Waals surface area contributed by atoms with Gasteiger partial charge in [-0.15, -0.1) is 0 Å². The third-order valence-corrected chi connectivity index (χ3v) is 6.88. The van der Waals surface area contributed by atoms with Crippen molar-refractivity contribution < 1.29 is 20.1 Å². The molecule has 0 amide bonds. The second-order valence-corrected chi connectivity index (χ2v) is 10.5. The van der Waals surface area contributed by atoms with Gasteiger partial charge in [-0.2, -0.15) is 0 Å². The van der Waals surface area contributed by atoms with Crippen molar-refractivity contribution in [1.82, 2.24) is 0 Å². The van der Waals surface area contributed by atoms with Gasteiger partial charge in [-0.05, 0) is 43.2 Å². The molecule has 0 saturated carbocycles. The lowest BCUT2D eigenvalue weighted by molar-refractivity contribution is -0.137. The smallest absolute Gasteiger partial charge is 0.303 e. The van der Waals surface area contributed by atoms with Crippen molar-refractivity contribution in [3.63, 3.8) is 0 Å². The molecule has 0 aromatic heterocycles. The number of aliphatic hydroxyl groups excluding tert-OH is 2. The summed E-state index contributed by atoms with van der Waals surface area (Å²) in [7, 11) is 0. The van der Waals surface area contributed by atoms with Crippen molar-refractivity contribution in [1.29, 1.82) is 0 Å². The van der Waals surface area contributed by atoms with Gasteiger partial charge in [-0.25, -0.2) is 0 Å². The maximum absolute atomic E-state index is 10.2. The molecule has 5 heteroatoms. The molecule has 36 heavy (non-hydrogen) atoms. The summed E-state index contributed by atoms with van der Waals surface area (Å²) < 4.78 is 0. The van der Waals surface area contributed by atoms with Gasteiger partial charge in [0.05, 0.1) is 18.8 Å². The molecule has 210 valence electrons. The van der Waals surface area contributed by atoms with Crippen LogP contribution in [0.4, 0.5) is 0 Å². The van der Waals surface area contributed by atoms with Crippen LogP contribution in [0.25, 0.3) is 0 Å². The molecule has 1 rings (SSSR count). The van der Waals surface area contributed by atoms with Crippen molar-refractivity contribution in [3.05, 3.63) is 35.4 Å². The molecular weight excluding hydrogens is 450 g/mol. The Bertz CT molecular complexity index is 614. The minimum Gasteiger partial charge on any atom is -0.481 e. The lowest BCUT2D eigenvalue weighted by Crippen LogP contribution is -2.47. The van der Waals surface area contributed by atoms with Crippen LogP contribution in [0.2, 0.25) is 0 Å². The van der Waals surface area contributed by atoms with E-state index in [4.69, 9.17) is 10.8 Å². The Morgan fingerprint density at radius 2 is 1.06 bits per heavy atom. The first kappa shape index (κ1) is 34.6. The number of hydrogen-bond donors (Lipinski definition) is 4. The van der Waals surface area contributed by atoms with E-state index in [0.29, 0.717) is 12.8 Å². The zero-order valence-corrected chi connectivity index (χ0v) is 23.5. The second kappa shape index (κ2) is 23.9. The van der Waals surface area contributed by atoms with Crippen LogP contribution in [0.1, 0.15) is 134 Å². The van der Waals surface area contributed by atoms with Gasteiger partial charge in [0.15, 0.2) is 0 Å². The average Bonchev–Trinajstić information content (AvgIpc) is 2.89. The van der Waals surface area contributed by atoms with E-state index in [9.17, 15) is 15.0 Å². The predicted octanol–water partition coefficient (Wildman–Crippen LogP) is 7.20. The van der Waals surface area contributed by atoms with Crippen LogP contribution in [0, 0.1) is 0 Å². The summed E-state index contributed by atoms with van der Waals surface area (Å²) in [5, 5.41) is 26.8. The van der Waals surface area contributed by atoms with E-state index in [0.717, 1.165) is 25.7 Å². The van der Waals surface area contributed by atoms with Crippen LogP contribution >= 0.6 is 0 Å². The van der Waals surface area contributed by atoms with Crippen LogP contribution in [-0.2, 0) is 17.6 Å². The van der Waals surface area contributed by atoms with Gasteiger partial charge in [-0.3, -0.25) is 4.79 Å². The molecule has 0 aliphatic carbocycles. The molecule has 0 spiro atoms. The highest BCUT2D eigenvalue weighted by atomic mass is 16.4. The largest absolute Gasteiger partial charge is 0.481 e. The summed E-state index contributed by atoms with van der Waals surface area (Å²) >= 11 is 0. The van der Waals surface area contributed by atoms with Crippen molar-refractivity contribution in [2.75, 3.05) is 13.2 Å². The lowest BCUT2D eigenvalue weighted by atomic mass is 9.93. The summed E-state index contributed by atoms with van der Waals surface area (Å²) in [6.45, 7) is 4.11. The Kier molecular flexibility index (Phi) is 23.0. The van der Waals surface area contributed by atoms with Crippen molar-refractivity contribution >= 4 is 5.97 Å². The molecule has 0 aliphatic heterocycles. The Hall–Kier alpha value is -1.43. The van der Waals surface area contributed by atoms with Gasteiger partial charge in [0.1, 0.15) is 0 Å². The summed E-state index contributed by atoms with van der Waals surface area (Å²) in [6.07, 6.45) is 22.0. The quantitative estimate of drug-likeness (QED) is 0.124. The Morgan fingerprint density at radius 3 is 1.47 bits per heavy atom. The molecule has 0 saturated heterocycles. The van der Waals surface area contributed by atoms with Crippen molar-refractivity contribution in [2.24, 2.45) is 5.73 Å². The highest BCUT2D eigenvalue weighted by molar-refractivity contribution is 5.66. The highest BCUT2D eigenvalue weighted by Crippen LogP contribution is 2.15. The maximum Gasteiger partial charge on any atom is 0.303 e. The molecule has 0 radical (unpaired) electrons. The van der Waals surface area contributed by atoms with Crippen LogP contribution in [-0.4, -0.2) is 40.0 Å². The van der Waals surface area contributed by atoms with Crippen LogP contribution in [0.15, 0.2) is 24.3 Å². The highest BCUT2D eigenvalue weighted by Gasteiger charge is 2.22. The van der Waals surface area contributed by atoms with Gasteiger partial charge in [-0.1, -0.05) is 122 Å². The van der Waals surface area contributed by atoms with Gasteiger partial charge >= 0.3 is 5.97 Å². The van der Waals surface area contributed by atoms with Crippen LogP contribution in [0.3, 0.4) is 0 Å². The van der Waals surface area contributed by atoms with Gasteiger partial charge in [0, 0.05) is 6.42 Å². The summed E-state index contributed by atoms with van der Waals surface area (Å²) in [6, 6.07) is 8.66. The number of carbonyl (C=O) groups is 1. The van der Waals surface area contributed by atoms with Crippen molar-refractivity contribution in [3.8, 4) is 0 Å². The zero-order valence-electron chi connectivity index (χ0n) is 23.5. The molecule has 0 atom stereocenters. The third-order valence-electron chi connectivity index (χ3n) is 6.88. The number of unbranched alkanes of at least 4 members (excludes halogenated alkanes) is 13. The minimum absolute atomic E-state index is 0.181. The molecule has 1 aromatic rings. The fourth-order valence-corrected chi connectivity index (χ4v) is 4.17. The summed E-state index contributed by atoms with van der Waals surface area (Å²) in [4.78, 5) is 10.2. The van der Waals surface area contributed by atoms with E-state index in [1.165, 1.54) is 94.6 Å². The van der Waals surface area contributed by atoms with E-state index in [1.807, 2.05) is 0 Å². The van der Waals surface area contributed by atoms with Gasteiger partial charge in [0.2, 0.25) is 0 Å². The molecule has 5 nitrogen and oxygen atoms in total. The Morgan fingerprint density at radius 1 is 0.667 bits per heavy atom. The molecule has 0 aliphatic rings. The fourth-order valence-electron chi connectivity index (χ4n) is 4.17. The van der Waals surface area contributed by atoms with E-state index in [2.05, 4.69) is 38.1 Å². The van der Waals surface area contributed by atoms with Gasteiger partial charge in [0.25, 0.3) is 0 Å². The minimum atomic E-state index is -0.864. The average molecular weight is 508 g/mol. The lowest BCUT2D eigenvalue weighted by Gasteiger charge is -2.24. The first-order valence-electron chi connectivity index (χ1n) is 14.7. The Balaban J connectivity index is 0.000000757. The number of aliphatic hydroxyl groups is 2.